The largest absolute Gasteiger partial charge is 0.457 e. The first-order valence-corrected chi connectivity index (χ1v) is 8.21. The van der Waals surface area contributed by atoms with Gasteiger partial charge in [0.1, 0.15) is 0 Å². The molecule has 0 fully saturated rings. The smallest absolute Gasteiger partial charge is 0.306 e. The molecule has 9 heteroatoms. The van der Waals surface area contributed by atoms with Crippen molar-refractivity contribution in [3.05, 3.63) is 69.2 Å². The molecule has 2 aromatic carbocycles. The van der Waals surface area contributed by atoms with Crippen molar-refractivity contribution in [3.63, 3.8) is 0 Å². The highest BCUT2D eigenvalue weighted by atomic mass is 35.5. The number of non-ortho nitro benzene ring substituents is 1. The Hall–Kier alpha value is -3.26. The van der Waals surface area contributed by atoms with Crippen molar-refractivity contribution in [2.75, 3.05) is 11.9 Å². The molecular weight excluding hydrogens is 376 g/mol. The number of nitrogens with zero attached hydrogens (tertiary/aromatic N) is 1. The van der Waals surface area contributed by atoms with Crippen LogP contribution in [0.2, 0.25) is 5.02 Å². The van der Waals surface area contributed by atoms with E-state index in [0.29, 0.717) is 10.7 Å². The van der Waals surface area contributed by atoms with Crippen LogP contribution < -0.4 is 5.32 Å². The van der Waals surface area contributed by atoms with Gasteiger partial charge in [0.25, 0.3) is 5.69 Å². The van der Waals surface area contributed by atoms with Gasteiger partial charge < -0.3 is 10.1 Å². The van der Waals surface area contributed by atoms with Crippen LogP contribution in [0, 0.1) is 10.1 Å². The first-order chi connectivity index (χ1) is 12.8. The van der Waals surface area contributed by atoms with E-state index in [4.69, 9.17) is 16.3 Å². The molecule has 2 rings (SSSR count). The predicted molar refractivity (Wildman–Crippen MR) is 97.7 cm³/mol. The first-order valence-electron chi connectivity index (χ1n) is 7.84. The van der Waals surface area contributed by atoms with Gasteiger partial charge in [-0.3, -0.25) is 24.5 Å². The average molecular weight is 391 g/mol. The van der Waals surface area contributed by atoms with Crippen molar-refractivity contribution >= 4 is 40.6 Å². The number of nitro benzene ring substituents is 1. The fourth-order valence-electron chi connectivity index (χ4n) is 2.08. The molecule has 0 heterocycles. The summed E-state index contributed by atoms with van der Waals surface area (Å²) in [7, 11) is 0. The maximum Gasteiger partial charge on any atom is 0.306 e. The van der Waals surface area contributed by atoms with E-state index in [1.54, 1.807) is 24.3 Å². The number of benzene rings is 2. The van der Waals surface area contributed by atoms with Gasteiger partial charge in [0.05, 0.1) is 11.3 Å². The number of ether oxygens (including phenoxy) is 1. The minimum atomic E-state index is -0.702. The molecule has 0 spiro atoms. The number of hydrogen-bond donors (Lipinski definition) is 1. The van der Waals surface area contributed by atoms with Gasteiger partial charge in [0, 0.05) is 34.8 Å². The van der Waals surface area contributed by atoms with Crippen LogP contribution in [0.15, 0.2) is 48.5 Å². The molecule has 0 radical (unpaired) electrons. The van der Waals surface area contributed by atoms with Crippen LogP contribution >= 0.6 is 11.6 Å². The van der Waals surface area contributed by atoms with E-state index in [2.05, 4.69) is 5.32 Å². The van der Waals surface area contributed by atoms with Gasteiger partial charge in [-0.25, -0.2) is 0 Å². The fourth-order valence-corrected chi connectivity index (χ4v) is 2.27. The van der Waals surface area contributed by atoms with Crippen LogP contribution in [0.5, 0.6) is 0 Å². The van der Waals surface area contributed by atoms with Gasteiger partial charge in [-0.2, -0.15) is 0 Å². The van der Waals surface area contributed by atoms with Crippen LogP contribution in [0.1, 0.15) is 23.2 Å². The molecular formula is C18H15ClN2O6. The minimum absolute atomic E-state index is 0.114. The maximum absolute atomic E-state index is 11.9. The maximum atomic E-state index is 11.9. The molecule has 0 aliphatic carbocycles. The van der Waals surface area contributed by atoms with E-state index in [9.17, 15) is 24.5 Å². The predicted octanol–water partition coefficient (Wildman–Crippen LogP) is 3.39. The van der Waals surface area contributed by atoms with Gasteiger partial charge in [0.15, 0.2) is 12.4 Å². The molecule has 27 heavy (non-hydrogen) atoms. The average Bonchev–Trinajstić information content (AvgIpc) is 2.64. The van der Waals surface area contributed by atoms with E-state index in [1.165, 1.54) is 24.3 Å². The lowest BCUT2D eigenvalue weighted by molar-refractivity contribution is -0.384. The zero-order chi connectivity index (χ0) is 19.8. The highest BCUT2D eigenvalue weighted by Crippen LogP contribution is 2.15. The Morgan fingerprint density at radius 1 is 1.07 bits per heavy atom. The van der Waals surface area contributed by atoms with Gasteiger partial charge in [-0.05, 0) is 30.3 Å². The lowest BCUT2D eigenvalue weighted by atomic mass is 10.1. The van der Waals surface area contributed by atoms with Gasteiger partial charge in [0.2, 0.25) is 5.91 Å². The third-order valence-corrected chi connectivity index (χ3v) is 3.66. The van der Waals surface area contributed by atoms with Gasteiger partial charge >= 0.3 is 5.97 Å². The summed E-state index contributed by atoms with van der Waals surface area (Å²) in [6, 6.07) is 11.5. The number of nitro groups is 1. The van der Waals surface area contributed by atoms with E-state index in [1.807, 2.05) is 0 Å². The van der Waals surface area contributed by atoms with Crippen molar-refractivity contribution in [2.24, 2.45) is 0 Å². The summed E-state index contributed by atoms with van der Waals surface area (Å²) < 4.78 is 4.83. The van der Waals surface area contributed by atoms with Crippen molar-refractivity contribution in [1.29, 1.82) is 0 Å². The molecule has 0 unspecified atom stereocenters. The number of amides is 1. The number of carbonyl (C=O) groups excluding carboxylic acids is 3. The van der Waals surface area contributed by atoms with E-state index in [0.717, 1.165) is 0 Å². The normalized spacial score (nSPS) is 10.1. The zero-order valence-corrected chi connectivity index (χ0v) is 14.8. The minimum Gasteiger partial charge on any atom is -0.457 e. The van der Waals surface area contributed by atoms with Crippen LogP contribution in [0.4, 0.5) is 11.4 Å². The lowest BCUT2D eigenvalue weighted by Crippen LogP contribution is -2.17. The SMILES string of the molecule is O=C(CCC(=O)OCC(=O)c1ccc([N+](=O)[O-])cc1)Nc1cccc(Cl)c1. The molecule has 0 bridgehead atoms. The van der Waals surface area contributed by atoms with Crippen LogP contribution in [0.25, 0.3) is 0 Å². The van der Waals surface area contributed by atoms with E-state index >= 15 is 0 Å². The zero-order valence-electron chi connectivity index (χ0n) is 14.0. The molecule has 0 atom stereocenters. The quantitative estimate of drug-likeness (QED) is 0.319. The van der Waals surface area contributed by atoms with Gasteiger partial charge in [-0.15, -0.1) is 0 Å². The molecule has 0 aliphatic heterocycles. The molecule has 1 amide bonds. The van der Waals surface area contributed by atoms with Crippen molar-refractivity contribution < 1.29 is 24.0 Å². The third kappa shape index (κ3) is 6.52. The van der Waals surface area contributed by atoms with Crippen molar-refractivity contribution in [1.82, 2.24) is 0 Å². The summed E-state index contributed by atoms with van der Waals surface area (Å²) >= 11 is 5.81. The Kier molecular flexibility index (Phi) is 7.01. The summed E-state index contributed by atoms with van der Waals surface area (Å²) in [5, 5.41) is 13.6. The van der Waals surface area contributed by atoms with E-state index in [-0.39, 0.29) is 24.1 Å². The Balaban J connectivity index is 1.74. The highest BCUT2D eigenvalue weighted by molar-refractivity contribution is 6.30. The Labute approximate surface area is 159 Å². The number of halogens is 1. The second-order valence-corrected chi connectivity index (χ2v) is 5.88. The Morgan fingerprint density at radius 2 is 1.78 bits per heavy atom. The summed E-state index contributed by atoms with van der Waals surface area (Å²) in [4.78, 5) is 45.3. The van der Waals surface area contributed by atoms with E-state index < -0.39 is 29.2 Å². The topological polar surface area (TPSA) is 116 Å². The van der Waals surface area contributed by atoms with Crippen molar-refractivity contribution in [3.8, 4) is 0 Å². The summed E-state index contributed by atoms with van der Waals surface area (Å²) in [6.07, 6.45) is -0.309. The standard InChI is InChI=1S/C18H15ClN2O6/c19-13-2-1-3-14(10-13)20-17(23)8-9-18(24)27-11-16(22)12-4-6-15(7-5-12)21(25)26/h1-7,10H,8-9,11H2,(H,20,23). The number of Topliss-reactive ketones (excluding diaryl/α,β-unsaturated/α-hetero) is 1. The van der Waals surface area contributed by atoms with Gasteiger partial charge in [-0.1, -0.05) is 17.7 Å². The van der Waals surface area contributed by atoms with Crippen LogP contribution in [-0.4, -0.2) is 29.2 Å². The molecule has 140 valence electrons. The fraction of sp³-hybridized carbons (Fsp3) is 0.167. The number of anilines is 1. The summed E-state index contributed by atoms with van der Waals surface area (Å²) in [5.74, 6) is -1.59. The number of esters is 1. The molecule has 2 aromatic rings. The van der Waals surface area contributed by atoms with Crippen LogP contribution in [0.3, 0.4) is 0 Å². The Bertz CT molecular complexity index is 866. The Morgan fingerprint density at radius 3 is 2.41 bits per heavy atom. The van der Waals surface area contributed by atoms with Crippen molar-refractivity contribution in [2.45, 2.75) is 12.8 Å². The molecule has 0 aliphatic rings. The lowest BCUT2D eigenvalue weighted by Gasteiger charge is -2.06. The summed E-state index contributed by atoms with van der Waals surface area (Å²) in [6.45, 7) is -0.507. The summed E-state index contributed by atoms with van der Waals surface area (Å²) in [5.41, 5.74) is 0.551. The molecule has 1 N–H and O–H groups in total. The molecule has 8 nitrogen and oxygen atoms in total. The number of hydrogen-bond acceptors (Lipinski definition) is 6. The number of carbonyl (C=O) groups is 3. The second kappa shape index (κ2) is 9.44. The number of rotatable bonds is 8. The highest BCUT2D eigenvalue weighted by Gasteiger charge is 2.13. The second-order valence-electron chi connectivity index (χ2n) is 5.45. The molecule has 0 saturated heterocycles. The number of nitrogens with one attached hydrogen (secondary N) is 1. The number of ketones is 1. The first kappa shape index (κ1) is 20.1. The third-order valence-electron chi connectivity index (χ3n) is 3.43. The molecule has 0 saturated carbocycles. The molecule has 0 aromatic heterocycles. The monoisotopic (exact) mass is 390 g/mol. The van der Waals surface area contributed by atoms with Crippen LogP contribution in [-0.2, 0) is 14.3 Å².